The van der Waals surface area contributed by atoms with Crippen molar-refractivity contribution in [1.82, 2.24) is 15.5 Å². The summed E-state index contributed by atoms with van der Waals surface area (Å²) in [6, 6.07) is 4.53. The lowest BCUT2D eigenvalue weighted by molar-refractivity contribution is -0.137. The first-order valence-corrected chi connectivity index (χ1v) is 7.52. The molecule has 1 N–H and O–H groups in total. The molecule has 1 heterocycles. The molecule has 0 unspecified atom stereocenters. The number of amides is 1. The number of benzene rings is 1. The number of alkyl halides is 3. The van der Waals surface area contributed by atoms with E-state index in [0.717, 1.165) is 12.1 Å². The monoisotopic (exact) mass is 341 g/mol. The molecule has 2 aromatic rings. The SMILES string of the molecule is CC(C)CC(=O)NCCc1nc(-c2ccc(C(F)(F)F)cc2)no1. The molecule has 130 valence electrons. The molecule has 5 nitrogen and oxygen atoms in total. The van der Waals surface area contributed by atoms with Crippen LogP contribution >= 0.6 is 0 Å². The van der Waals surface area contributed by atoms with Crippen molar-refractivity contribution in [2.75, 3.05) is 6.54 Å². The summed E-state index contributed by atoms with van der Waals surface area (Å²) in [5.74, 6) is 0.758. The molecule has 0 aliphatic carbocycles. The van der Waals surface area contributed by atoms with Crippen molar-refractivity contribution >= 4 is 5.91 Å². The van der Waals surface area contributed by atoms with Gasteiger partial charge in [0.15, 0.2) is 0 Å². The molecule has 0 aliphatic heterocycles. The van der Waals surface area contributed by atoms with Crippen molar-refractivity contribution in [2.45, 2.75) is 32.9 Å². The van der Waals surface area contributed by atoms with Crippen LogP contribution in [0.5, 0.6) is 0 Å². The maximum Gasteiger partial charge on any atom is 0.416 e. The van der Waals surface area contributed by atoms with Gasteiger partial charge in [0.25, 0.3) is 0 Å². The smallest absolute Gasteiger partial charge is 0.356 e. The van der Waals surface area contributed by atoms with Crippen LogP contribution in [0.2, 0.25) is 0 Å². The molecule has 1 aromatic carbocycles. The van der Waals surface area contributed by atoms with Crippen LogP contribution < -0.4 is 5.32 Å². The van der Waals surface area contributed by atoms with E-state index in [1.165, 1.54) is 12.1 Å². The Balaban J connectivity index is 1.92. The van der Waals surface area contributed by atoms with E-state index in [1.807, 2.05) is 13.8 Å². The first-order chi connectivity index (χ1) is 11.3. The number of aromatic nitrogens is 2. The first-order valence-electron chi connectivity index (χ1n) is 7.52. The van der Waals surface area contributed by atoms with E-state index < -0.39 is 11.7 Å². The average molecular weight is 341 g/mol. The van der Waals surface area contributed by atoms with E-state index in [2.05, 4.69) is 15.5 Å². The van der Waals surface area contributed by atoms with Gasteiger partial charge in [-0.25, -0.2) is 0 Å². The van der Waals surface area contributed by atoms with Gasteiger partial charge in [0.2, 0.25) is 17.6 Å². The van der Waals surface area contributed by atoms with Crippen LogP contribution in [0.3, 0.4) is 0 Å². The molecule has 1 aromatic heterocycles. The van der Waals surface area contributed by atoms with Crippen LogP contribution in [0.25, 0.3) is 11.4 Å². The largest absolute Gasteiger partial charge is 0.416 e. The fourth-order valence-corrected chi connectivity index (χ4v) is 2.03. The highest BCUT2D eigenvalue weighted by Crippen LogP contribution is 2.30. The fraction of sp³-hybridized carbons (Fsp3) is 0.438. The molecule has 24 heavy (non-hydrogen) atoms. The third-order valence-electron chi connectivity index (χ3n) is 3.19. The van der Waals surface area contributed by atoms with Crippen LogP contribution in [-0.4, -0.2) is 22.6 Å². The summed E-state index contributed by atoms with van der Waals surface area (Å²) in [7, 11) is 0. The molecular weight excluding hydrogens is 323 g/mol. The molecule has 0 bridgehead atoms. The van der Waals surface area contributed by atoms with Crippen LogP contribution in [0.4, 0.5) is 13.2 Å². The first kappa shape index (κ1) is 18.0. The van der Waals surface area contributed by atoms with Gasteiger partial charge in [0, 0.05) is 24.9 Å². The second kappa shape index (κ2) is 7.46. The van der Waals surface area contributed by atoms with Crippen molar-refractivity contribution in [3.05, 3.63) is 35.7 Å². The molecule has 0 atom stereocenters. The zero-order valence-corrected chi connectivity index (χ0v) is 13.4. The summed E-state index contributed by atoms with van der Waals surface area (Å²) >= 11 is 0. The average Bonchev–Trinajstić information content (AvgIpc) is 2.94. The Morgan fingerprint density at radius 3 is 2.50 bits per heavy atom. The van der Waals surface area contributed by atoms with Crippen molar-refractivity contribution in [1.29, 1.82) is 0 Å². The van der Waals surface area contributed by atoms with Gasteiger partial charge in [0.1, 0.15) is 0 Å². The molecule has 0 radical (unpaired) electrons. The molecule has 2 rings (SSSR count). The van der Waals surface area contributed by atoms with E-state index >= 15 is 0 Å². The minimum atomic E-state index is -4.38. The van der Waals surface area contributed by atoms with Gasteiger partial charge >= 0.3 is 6.18 Å². The minimum Gasteiger partial charge on any atom is -0.356 e. The van der Waals surface area contributed by atoms with Gasteiger partial charge in [0.05, 0.1) is 5.56 Å². The van der Waals surface area contributed by atoms with E-state index in [9.17, 15) is 18.0 Å². The number of carbonyl (C=O) groups is 1. The second-order valence-electron chi connectivity index (χ2n) is 5.78. The third kappa shape index (κ3) is 5.07. The highest BCUT2D eigenvalue weighted by Gasteiger charge is 2.30. The lowest BCUT2D eigenvalue weighted by atomic mass is 10.1. The van der Waals surface area contributed by atoms with Crippen LogP contribution in [0.1, 0.15) is 31.7 Å². The molecular formula is C16H18F3N3O2. The number of hydrogen-bond acceptors (Lipinski definition) is 4. The number of halogens is 3. The number of nitrogens with zero attached hydrogens (tertiary/aromatic N) is 2. The molecule has 0 aliphatic rings. The zero-order valence-electron chi connectivity index (χ0n) is 13.4. The molecule has 1 amide bonds. The van der Waals surface area contributed by atoms with E-state index in [0.29, 0.717) is 30.8 Å². The predicted octanol–water partition coefficient (Wildman–Crippen LogP) is 3.46. The summed E-state index contributed by atoms with van der Waals surface area (Å²) in [5.41, 5.74) is -0.301. The van der Waals surface area contributed by atoms with Crippen LogP contribution in [0, 0.1) is 5.92 Å². The van der Waals surface area contributed by atoms with Gasteiger partial charge in [-0.2, -0.15) is 18.2 Å². The lowest BCUT2D eigenvalue weighted by Gasteiger charge is -2.06. The third-order valence-corrected chi connectivity index (χ3v) is 3.19. The molecule has 8 heteroatoms. The van der Waals surface area contributed by atoms with Gasteiger partial charge < -0.3 is 9.84 Å². The Kier molecular flexibility index (Phi) is 5.58. The van der Waals surface area contributed by atoms with Crippen molar-refractivity contribution in [3.63, 3.8) is 0 Å². The molecule has 0 fully saturated rings. The maximum absolute atomic E-state index is 12.5. The fourth-order valence-electron chi connectivity index (χ4n) is 2.03. The summed E-state index contributed by atoms with van der Waals surface area (Å²) < 4.78 is 42.6. The van der Waals surface area contributed by atoms with Gasteiger partial charge in [-0.3, -0.25) is 4.79 Å². The van der Waals surface area contributed by atoms with Crippen molar-refractivity contribution < 1.29 is 22.5 Å². The quantitative estimate of drug-likeness (QED) is 0.874. The van der Waals surface area contributed by atoms with E-state index in [-0.39, 0.29) is 17.6 Å². The highest BCUT2D eigenvalue weighted by atomic mass is 19.4. The molecule has 0 saturated heterocycles. The van der Waals surface area contributed by atoms with Crippen LogP contribution in [0.15, 0.2) is 28.8 Å². The number of hydrogen-bond donors (Lipinski definition) is 1. The topological polar surface area (TPSA) is 68.0 Å². The number of nitrogens with one attached hydrogen (secondary N) is 1. The Hall–Kier alpha value is -2.38. The second-order valence-corrected chi connectivity index (χ2v) is 5.78. The lowest BCUT2D eigenvalue weighted by Crippen LogP contribution is -2.26. The van der Waals surface area contributed by atoms with Gasteiger partial charge in [-0.15, -0.1) is 0 Å². The number of carbonyl (C=O) groups excluding carboxylic acids is 1. The standard InChI is InChI=1S/C16H18F3N3O2/c1-10(2)9-13(23)20-8-7-14-21-15(22-24-14)11-3-5-12(6-4-11)16(17,18)19/h3-6,10H,7-9H2,1-2H3,(H,20,23). The Morgan fingerprint density at radius 1 is 1.25 bits per heavy atom. The highest BCUT2D eigenvalue weighted by molar-refractivity contribution is 5.76. The van der Waals surface area contributed by atoms with Gasteiger partial charge in [-0.05, 0) is 18.1 Å². The molecule has 0 spiro atoms. The Bertz CT molecular complexity index is 679. The summed E-state index contributed by atoms with van der Waals surface area (Å²) in [5, 5.41) is 6.49. The summed E-state index contributed by atoms with van der Waals surface area (Å²) in [6.45, 7) is 4.27. The Labute approximate surface area is 137 Å². The van der Waals surface area contributed by atoms with Gasteiger partial charge in [-0.1, -0.05) is 31.1 Å². The molecule has 0 saturated carbocycles. The number of rotatable bonds is 6. The van der Waals surface area contributed by atoms with Crippen molar-refractivity contribution in [2.24, 2.45) is 5.92 Å². The normalized spacial score (nSPS) is 11.8. The zero-order chi connectivity index (χ0) is 17.7. The Morgan fingerprint density at radius 2 is 1.92 bits per heavy atom. The maximum atomic E-state index is 12.5. The van der Waals surface area contributed by atoms with Crippen LogP contribution in [-0.2, 0) is 17.4 Å². The van der Waals surface area contributed by atoms with Crippen molar-refractivity contribution in [3.8, 4) is 11.4 Å². The van der Waals surface area contributed by atoms with E-state index in [1.54, 1.807) is 0 Å². The summed E-state index contributed by atoms with van der Waals surface area (Å²) in [4.78, 5) is 15.6. The van der Waals surface area contributed by atoms with E-state index in [4.69, 9.17) is 4.52 Å². The minimum absolute atomic E-state index is 0.0486. The summed E-state index contributed by atoms with van der Waals surface area (Å²) in [6.07, 6.45) is -3.58. The predicted molar refractivity (Wildman–Crippen MR) is 80.9 cm³/mol.